The number of carbonyl (C=O) groups is 2. The average molecular weight is 253 g/mol. The summed E-state index contributed by atoms with van der Waals surface area (Å²) >= 11 is 0. The zero-order valence-corrected chi connectivity index (χ0v) is 11.1. The number of rotatable bonds is 4. The minimum Gasteiger partial charge on any atom is -0.481 e. The molecule has 0 saturated heterocycles. The minimum absolute atomic E-state index is 0.0981. The number of amides is 1. The Balaban J connectivity index is 2.68. The van der Waals surface area contributed by atoms with Gasteiger partial charge < -0.3 is 10.4 Å². The zero-order valence-electron chi connectivity index (χ0n) is 11.1. The monoisotopic (exact) mass is 253 g/mol. The van der Waals surface area contributed by atoms with E-state index in [-0.39, 0.29) is 17.9 Å². The van der Waals surface area contributed by atoms with Gasteiger partial charge in [0.15, 0.2) is 0 Å². The van der Waals surface area contributed by atoms with Gasteiger partial charge in [0.05, 0.1) is 23.7 Å². The fraction of sp³-hybridized carbons (Fsp3) is 0.583. The minimum atomic E-state index is -0.937. The number of nitrogens with zero attached hydrogens (tertiary/aromatic N) is 2. The highest BCUT2D eigenvalue weighted by atomic mass is 16.4. The molecule has 0 aliphatic heterocycles. The van der Waals surface area contributed by atoms with Crippen molar-refractivity contribution in [3.05, 3.63) is 18.0 Å². The van der Waals surface area contributed by atoms with E-state index >= 15 is 0 Å². The fourth-order valence-corrected chi connectivity index (χ4v) is 1.43. The van der Waals surface area contributed by atoms with Gasteiger partial charge in [0.25, 0.3) is 5.91 Å². The van der Waals surface area contributed by atoms with Gasteiger partial charge in [0, 0.05) is 12.2 Å². The Morgan fingerprint density at radius 3 is 2.56 bits per heavy atom. The topological polar surface area (TPSA) is 84.2 Å². The first kappa shape index (κ1) is 14.2. The second-order valence-electron chi connectivity index (χ2n) is 5.32. The molecule has 100 valence electrons. The Kier molecular flexibility index (Phi) is 4.11. The van der Waals surface area contributed by atoms with Crippen molar-refractivity contribution in [3.63, 3.8) is 0 Å². The van der Waals surface area contributed by atoms with E-state index in [9.17, 15) is 9.59 Å². The summed E-state index contributed by atoms with van der Waals surface area (Å²) < 4.78 is 1.70. The average Bonchev–Trinajstić information content (AvgIpc) is 2.63. The molecule has 0 radical (unpaired) electrons. The molecule has 0 aliphatic rings. The van der Waals surface area contributed by atoms with Crippen LogP contribution in [0.2, 0.25) is 0 Å². The molecule has 0 aliphatic carbocycles. The van der Waals surface area contributed by atoms with Crippen molar-refractivity contribution >= 4 is 11.9 Å². The van der Waals surface area contributed by atoms with E-state index in [4.69, 9.17) is 5.11 Å². The van der Waals surface area contributed by atoms with Crippen LogP contribution in [0.3, 0.4) is 0 Å². The molecule has 1 aromatic rings. The first-order valence-electron chi connectivity index (χ1n) is 5.78. The van der Waals surface area contributed by atoms with Crippen molar-refractivity contribution < 1.29 is 14.7 Å². The van der Waals surface area contributed by atoms with Crippen LogP contribution in [0.5, 0.6) is 0 Å². The Labute approximate surface area is 106 Å². The Hall–Kier alpha value is -1.85. The lowest BCUT2D eigenvalue weighted by atomic mass is 10.1. The SMILES string of the molecule is CC(CC(=O)O)NC(=O)c1cnn(C(C)(C)C)c1. The maximum atomic E-state index is 11.8. The van der Waals surface area contributed by atoms with Gasteiger partial charge in [-0.15, -0.1) is 0 Å². The molecule has 1 atom stereocenters. The van der Waals surface area contributed by atoms with Gasteiger partial charge in [-0.3, -0.25) is 14.3 Å². The third-order valence-corrected chi connectivity index (χ3v) is 2.39. The van der Waals surface area contributed by atoms with Gasteiger partial charge >= 0.3 is 5.97 Å². The number of aliphatic carboxylic acids is 1. The van der Waals surface area contributed by atoms with Crippen molar-refractivity contribution in [3.8, 4) is 0 Å². The van der Waals surface area contributed by atoms with Crippen LogP contribution < -0.4 is 5.32 Å². The molecular weight excluding hydrogens is 234 g/mol. The van der Waals surface area contributed by atoms with E-state index in [1.54, 1.807) is 17.8 Å². The Morgan fingerprint density at radius 2 is 2.11 bits per heavy atom. The number of hydrogen-bond acceptors (Lipinski definition) is 3. The molecule has 0 bridgehead atoms. The summed E-state index contributed by atoms with van der Waals surface area (Å²) in [4.78, 5) is 22.3. The highest BCUT2D eigenvalue weighted by Gasteiger charge is 2.18. The largest absolute Gasteiger partial charge is 0.481 e. The van der Waals surface area contributed by atoms with Crippen LogP contribution in [-0.2, 0) is 10.3 Å². The molecule has 1 amide bonds. The third-order valence-electron chi connectivity index (χ3n) is 2.39. The highest BCUT2D eigenvalue weighted by molar-refractivity contribution is 5.94. The van der Waals surface area contributed by atoms with Crippen molar-refractivity contribution in [1.82, 2.24) is 15.1 Å². The molecule has 1 heterocycles. The summed E-state index contributed by atoms with van der Waals surface area (Å²) in [5.41, 5.74) is 0.243. The standard InChI is InChI=1S/C12H19N3O3/c1-8(5-10(16)17)14-11(18)9-6-13-15(7-9)12(2,3)4/h6-8H,5H2,1-4H3,(H,14,18)(H,16,17). The van der Waals surface area contributed by atoms with Gasteiger partial charge in [-0.2, -0.15) is 5.10 Å². The summed E-state index contributed by atoms with van der Waals surface area (Å²) in [6.45, 7) is 7.60. The predicted octanol–water partition coefficient (Wildman–Crippen LogP) is 1.23. The number of aromatic nitrogens is 2. The van der Waals surface area contributed by atoms with Crippen LogP contribution in [0.1, 0.15) is 44.5 Å². The number of carboxylic acid groups (broad SMARTS) is 1. The highest BCUT2D eigenvalue weighted by Crippen LogP contribution is 2.13. The maximum absolute atomic E-state index is 11.8. The summed E-state index contributed by atoms with van der Waals surface area (Å²) in [6, 6.07) is -0.409. The smallest absolute Gasteiger partial charge is 0.305 e. The van der Waals surface area contributed by atoms with Crippen LogP contribution in [-0.4, -0.2) is 32.8 Å². The first-order valence-corrected chi connectivity index (χ1v) is 5.78. The maximum Gasteiger partial charge on any atom is 0.305 e. The van der Waals surface area contributed by atoms with Crippen LogP contribution >= 0.6 is 0 Å². The van der Waals surface area contributed by atoms with Crippen molar-refractivity contribution in [2.45, 2.75) is 45.7 Å². The molecule has 2 N–H and O–H groups in total. The number of hydrogen-bond donors (Lipinski definition) is 2. The van der Waals surface area contributed by atoms with Crippen LogP contribution in [0.25, 0.3) is 0 Å². The van der Waals surface area contributed by atoms with Gasteiger partial charge in [-0.05, 0) is 27.7 Å². The van der Waals surface area contributed by atoms with Crippen LogP contribution in [0, 0.1) is 0 Å². The molecule has 18 heavy (non-hydrogen) atoms. The molecule has 0 fully saturated rings. The fourth-order valence-electron chi connectivity index (χ4n) is 1.43. The zero-order chi connectivity index (χ0) is 13.9. The lowest BCUT2D eigenvalue weighted by Gasteiger charge is -2.18. The van der Waals surface area contributed by atoms with Crippen molar-refractivity contribution in [2.75, 3.05) is 0 Å². The first-order chi connectivity index (χ1) is 8.20. The molecule has 1 aromatic heterocycles. The van der Waals surface area contributed by atoms with E-state index in [1.165, 1.54) is 6.20 Å². The normalized spacial score (nSPS) is 13.1. The summed E-state index contributed by atoms with van der Waals surface area (Å²) in [6.07, 6.45) is 3.04. The molecule has 0 spiro atoms. The molecular formula is C12H19N3O3. The molecule has 1 rings (SSSR count). The molecule has 0 saturated carbocycles. The Morgan fingerprint density at radius 1 is 1.50 bits per heavy atom. The van der Waals surface area contributed by atoms with E-state index in [0.717, 1.165) is 0 Å². The predicted molar refractivity (Wildman–Crippen MR) is 66.4 cm³/mol. The quantitative estimate of drug-likeness (QED) is 0.845. The molecule has 1 unspecified atom stereocenters. The molecule has 0 aromatic carbocycles. The lowest BCUT2D eigenvalue weighted by molar-refractivity contribution is -0.137. The van der Waals surface area contributed by atoms with Crippen molar-refractivity contribution in [2.24, 2.45) is 0 Å². The van der Waals surface area contributed by atoms with Gasteiger partial charge in [0.1, 0.15) is 0 Å². The van der Waals surface area contributed by atoms with Gasteiger partial charge in [-0.25, -0.2) is 0 Å². The van der Waals surface area contributed by atoms with Crippen molar-refractivity contribution in [1.29, 1.82) is 0 Å². The van der Waals surface area contributed by atoms with Crippen LogP contribution in [0.4, 0.5) is 0 Å². The Bertz CT molecular complexity index is 446. The van der Waals surface area contributed by atoms with E-state index in [1.807, 2.05) is 20.8 Å². The summed E-state index contributed by atoms with van der Waals surface area (Å²) in [7, 11) is 0. The summed E-state index contributed by atoms with van der Waals surface area (Å²) in [5.74, 6) is -1.24. The van der Waals surface area contributed by atoms with E-state index in [2.05, 4.69) is 10.4 Å². The number of nitrogens with one attached hydrogen (secondary N) is 1. The molecule has 6 heteroatoms. The van der Waals surface area contributed by atoms with Crippen LogP contribution in [0.15, 0.2) is 12.4 Å². The van der Waals surface area contributed by atoms with Gasteiger partial charge in [0.2, 0.25) is 0 Å². The summed E-state index contributed by atoms with van der Waals surface area (Å²) in [5, 5.41) is 15.3. The molecule has 6 nitrogen and oxygen atoms in total. The van der Waals surface area contributed by atoms with E-state index in [0.29, 0.717) is 5.56 Å². The lowest BCUT2D eigenvalue weighted by Crippen LogP contribution is -2.34. The second kappa shape index (κ2) is 5.20. The number of carbonyl (C=O) groups excluding carboxylic acids is 1. The van der Waals surface area contributed by atoms with E-state index < -0.39 is 12.0 Å². The van der Waals surface area contributed by atoms with Gasteiger partial charge in [-0.1, -0.05) is 0 Å². The number of carboxylic acids is 1. The third kappa shape index (κ3) is 3.87. The second-order valence-corrected chi connectivity index (χ2v) is 5.32.